The van der Waals surface area contributed by atoms with E-state index in [1.807, 2.05) is 0 Å². The van der Waals surface area contributed by atoms with Gasteiger partial charge in [0.15, 0.2) is 0 Å². The van der Waals surface area contributed by atoms with Crippen LogP contribution in [0.4, 0.5) is 0 Å². The van der Waals surface area contributed by atoms with Crippen LogP contribution in [0.15, 0.2) is 12.4 Å². The molecule has 3 fully saturated rings. The summed E-state index contributed by atoms with van der Waals surface area (Å²) in [7, 11) is 0. The van der Waals surface area contributed by atoms with Crippen molar-refractivity contribution in [1.29, 1.82) is 0 Å². The monoisotopic (exact) mass is 236 g/mol. The highest BCUT2D eigenvalue weighted by atomic mass is 35.5. The molecule has 0 N–H and O–H groups in total. The van der Waals surface area contributed by atoms with Crippen molar-refractivity contribution in [3.8, 4) is 0 Å². The van der Waals surface area contributed by atoms with E-state index in [1.165, 1.54) is 24.1 Å². The van der Waals surface area contributed by atoms with Crippen molar-refractivity contribution in [2.45, 2.75) is 24.7 Å². The van der Waals surface area contributed by atoms with Crippen LogP contribution >= 0.6 is 22.9 Å². The van der Waals surface area contributed by atoms with E-state index in [-0.39, 0.29) is 0 Å². The van der Waals surface area contributed by atoms with Gasteiger partial charge in [-0.15, -0.1) is 11.3 Å². The molecule has 2 aromatic heterocycles. The zero-order valence-corrected chi connectivity index (χ0v) is 9.61. The molecule has 0 aromatic carbocycles. The van der Waals surface area contributed by atoms with Crippen molar-refractivity contribution in [3.05, 3.63) is 22.4 Å². The Labute approximate surface area is 96.3 Å². The fourth-order valence-electron chi connectivity index (χ4n) is 2.87. The lowest BCUT2D eigenvalue weighted by molar-refractivity contribution is -0.0243. The number of hydrogen-bond acceptors (Lipinski definition) is 3. The van der Waals surface area contributed by atoms with E-state index in [1.54, 1.807) is 17.7 Å². The number of halogens is 1. The maximum absolute atomic E-state index is 6.05. The first-order chi connectivity index (χ1) is 7.27. The molecule has 3 saturated carbocycles. The molecule has 2 heterocycles. The summed E-state index contributed by atoms with van der Waals surface area (Å²) in [5, 5.41) is 0.600. The highest BCUT2D eigenvalue weighted by molar-refractivity contribution is 7.19. The summed E-state index contributed by atoms with van der Waals surface area (Å²) in [6.07, 6.45) is 5.68. The molecule has 2 aromatic rings. The SMILES string of the molecule is Clc1ncnc2cc(C34CC(C3)C4)sc12. The van der Waals surface area contributed by atoms with E-state index < -0.39 is 0 Å². The van der Waals surface area contributed by atoms with Gasteiger partial charge in [-0.25, -0.2) is 9.97 Å². The Hall–Kier alpha value is -0.670. The average Bonchev–Trinajstić information content (AvgIpc) is 2.43. The third kappa shape index (κ3) is 0.955. The molecule has 5 rings (SSSR count). The van der Waals surface area contributed by atoms with E-state index >= 15 is 0 Å². The molecular formula is C11H9ClN2S. The fraction of sp³-hybridized carbons (Fsp3) is 0.455. The maximum Gasteiger partial charge on any atom is 0.150 e. The summed E-state index contributed by atoms with van der Waals surface area (Å²) in [5.41, 5.74) is 1.53. The molecule has 0 atom stereocenters. The zero-order valence-electron chi connectivity index (χ0n) is 8.03. The Morgan fingerprint density at radius 1 is 1.33 bits per heavy atom. The third-order valence-electron chi connectivity index (χ3n) is 3.83. The first-order valence-electron chi connectivity index (χ1n) is 5.17. The highest BCUT2D eigenvalue weighted by Crippen LogP contribution is 2.66. The van der Waals surface area contributed by atoms with E-state index in [4.69, 9.17) is 11.6 Å². The van der Waals surface area contributed by atoms with Crippen molar-refractivity contribution < 1.29 is 0 Å². The van der Waals surface area contributed by atoms with Gasteiger partial charge in [0.25, 0.3) is 0 Å². The first kappa shape index (κ1) is 8.48. The molecule has 0 amide bonds. The quantitative estimate of drug-likeness (QED) is 0.710. The number of nitrogens with zero attached hydrogens (tertiary/aromatic N) is 2. The van der Waals surface area contributed by atoms with Gasteiger partial charge in [-0.05, 0) is 31.2 Å². The van der Waals surface area contributed by atoms with Gasteiger partial charge in [-0.3, -0.25) is 0 Å². The van der Waals surface area contributed by atoms with E-state index in [9.17, 15) is 0 Å². The predicted molar refractivity (Wildman–Crippen MR) is 61.4 cm³/mol. The highest BCUT2D eigenvalue weighted by Gasteiger charge is 2.58. The van der Waals surface area contributed by atoms with Crippen LogP contribution < -0.4 is 0 Å². The van der Waals surface area contributed by atoms with Crippen LogP contribution in [0, 0.1) is 5.92 Å². The Balaban J connectivity index is 1.93. The van der Waals surface area contributed by atoms with Crippen LogP contribution in [0.3, 0.4) is 0 Å². The van der Waals surface area contributed by atoms with E-state index in [0.29, 0.717) is 10.6 Å². The second-order valence-electron chi connectivity index (χ2n) is 4.75. The normalized spacial score (nSPS) is 32.5. The summed E-state index contributed by atoms with van der Waals surface area (Å²) >= 11 is 7.84. The molecular weight excluding hydrogens is 228 g/mol. The number of thiophene rings is 1. The summed E-state index contributed by atoms with van der Waals surface area (Å²) in [6, 6.07) is 2.21. The molecule has 3 aliphatic rings. The fourth-order valence-corrected chi connectivity index (χ4v) is 4.33. The van der Waals surface area contributed by atoms with Crippen LogP contribution in [0.25, 0.3) is 10.2 Å². The van der Waals surface area contributed by atoms with Gasteiger partial charge < -0.3 is 0 Å². The summed E-state index contributed by atoms with van der Waals surface area (Å²) in [5.74, 6) is 1.01. The third-order valence-corrected chi connectivity index (χ3v) is 5.60. The minimum atomic E-state index is 0.513. The van der Waals surface area contributed by atoms with Gasteiger partial charge in [0.2, 0.25) is 0 Å². The number of rotatable bonds is 1. The number of hydrogen-bond donors (Lipinski definition) is 0. The van der Waals surface area contributed by atoms with Gasteiger partial charge in [0, 0.05) is 10.3 Å². The predicted octanol–water partition coefficient (Wildman–Crippen LogP) is 3.40. The number of fused-ring (bicyclic) bond motifs is 1. The second kappa shape index (κ2) is 2.53. The minimum absolute atomic E-state index is 0.513. The summed E-state index contributed by atoms with van der Waals surface area (Å²) in [4.78, 5) is 9.77. The standard InChI is InChI=1S/C11H9ClN2S/c12-10-9-7(13-5-14-10)1-8(15-9)11-2-6(3-11)4-11/h1,5-6H,2-4H2. The van der Waals surface area contributed by atoms with Crippen molar-refractivity contribution in [2.24, 2.45) is 5.92 Å². The first-order valence-corrected chi connectivity index (χ1v) is 6.37. The molecule has 0 aliphatic heterocycles. The smallest absolute Gasteiger partial charge is 0.150 e. The Kier molecular flexibility index (Phi) is 1.43. The van der Waals surface area contributed by atoms with Gasteiger partial charge in [-0.2, -0.15) is 0 Å². The molecule has 0 saturated heterocycles. The maximum atomic E-state index is 6.05. The van der Waals surface area contributed by atoms with Crippen LogP contribution in [0.5, 0.6) is 0 Å². The molecule has 0 unspecified atom stereocenters. The van der Waals surface area contributed by atoms with E-state index in [0.717, 1.165) is 16.1 Å². The molecule has 15 heavy (non-hydrogen) atoms. The summed E-state index contributed by atoms with van der Waals surface area (Å²) < 4.78 is 1.05. The lowest BCUT2D eigenvalue weighted by Gasteiger charge is -2.61. The molecule has 2 nitrogen and oxygen atoms in total. The average molecular weight is 237 g/mol. The molecule has 0 spiro atoms. The lowest BCUT2D eigenvalue weighted by Crippen LogP contribution is -2.54. The molecule has 0 radical (unpaired) electrons. The van der Waals surface area contributed by atoms with Crippen molar-refractivity contribution in [2.75, 3.05) is 0 Å². The van der Waals surface area contributed by atoms with Crippen LogP contribution in [0.1, 0.15) is 24.1 Å². The van der Waals surface area contributed by atoms with Crippen LogP contribution in [-0.2, 0) is 5.41 Å². The van der Waals surface area contributed by atoms with Crippen LogP contribution in [-0.4, -0.2) is 9.97 Å². The van der Waals surface area contributed by atoms with E-state index in [2.05, 4.69) is 16.0 Å². The lowest BCUT2D eigenvalue weighted by atomic mass is 9.44. The molecule has 76 valence electrons. The molecule has 3 aliphatic carbocycles. The molecule has 4 heteroatoms. The van der Waals surface area contributed by atoms with Crippen molar-refractivity contribution in [3.63, 3.8) is 0 Å². The van der Waals surface area contributed by atoms with Crippen molar-refractivity contribution >= 4 is 33.2 Å². The van der Waals surface area contributed by atoms with Gasteiger partial charge >= 0.3 is 0 Å². The Morgan fingerprint density at radius 2 is 2.13 bits per heavy atom. The Bertz CT molecular complexity index is 546. The largest absolute Gasteiger partial charge is 0.235 e. The zero-order chi connectivity index (χ0) is 10.0. The Morgan fingerprint density at radius 3 is 2.73 bits per heavy atom. The second-order valence-corrected chi connectivity index (χ2v) is 6.16. The molecule has 2 bridgehead atoms. The minimum Gasteiger partial charge on any atom is -0.235 e. The van der Waals surface area contributed by atoms with Crippen LogP contribution in [0.2, 0.25) is 5.15 Å². The number of aromatic nitrogens is 2. The summed E-state index contributed by atoms with van der Waals surface area (Å²) in [6.45, 7) is 0. The van der Waals surface area contributed by atoms with Gasteiger partial charge in [-0.1, -0.05) is 11.6 Å². The van der Waals surface area contributed by atoms with Gasteiger partial charge in [0.1, 0.15) is 11.5 Å². The topological polar surface area (TPSA) is 25.8 Å². The van der Waals surface area contributed by atoms with Gasteiger partial charge in [0.05, 0.1) is 10.2 Å². The van der Waals surface area contributed by atoms with Crippen molar-refractivity contribution in [1.82, 2.24) is 9.97 Å².